The summed E-state index contributed by atoms with van der Waals surface area (Å²) in [6.45, 7) is 3.89. The van der Waals surface area contributed by atoms with Crippen molar-refractivity contribution in [3.63, 3.8) is 0 Å². The van der Waals surface area contributed by atoms with Gasteiger partial charge < -0.3 is 10.0 Å². The van der Waals surface area contributed by atoms with Crippen molar-refractivity contribution in [1.82, 2.24) is 0 Å². The molecular weight excluding hydrogens is 230 g/mol. The quantitative estimate of drug-likeness (QED) is 0.812. The summed E-state index contributed by atoms with van der Waals surface area (Å²) in [5, 5.41) is 9.19. The molecule has 1 aliphatic heterocycles. The van der Waals surface area contributed by atoms with E-state index < -0.39 is 11.9 Å². The van der Waals surface area contributed by atoms with Crippen LogP contribution in [0.3, 0.4) is 0 Å². The van der Waals surface area contributed by atoms with Crippen LogP contribution in [-0.2, 0) is 9.59 Å². The van der Waals surface area contributed by atoms with Crippen LogP contribution in [0.5, 0.6) is 0 Å². The minimum absolute atomic E-state index is 0.161. The molecule has 4 nitrogen and oxygen atoms in total. The molecule has 4 heteroatoms. The Hall–Kier alpha value is -2.10. The molecule has 0 unspecified atom stereocenters. The average Bonchev–Trinajstić information content (AvgIpc) is 2.67. The first-order valence-corrected chi connectivity index (χ1v) is 5.79. The molecule has 1 N–H and O–H groups in total. The Labute approximate surface area is 106 Å². The van der Waals surface area contributed by atoms with E-state index in [0.717, 1.165) is 5.57 Å². The molecule has 1 aliphatic rings. The van der Waals surface area contributed by atoms with Crippen molar-refractivity contribution in [1.29, 1.82) is 0 Å². The lowest BCUT2D eigenvalue weighted by Gasteiger charge is -2.15. The summed E-state index contributed by atoms with van der Waals surface area (Å²) < 4.78 is 0. The van der Waals surface area contributed by atoms with E-state index in [0.29, 0.717) is 11.3 Å². The van der Waals surface area contributed by atoms with Gasteiger partial charge in [0.05, 0.1) is 0 Å². The van der Waals surface area contributed by atoms with Crippen LogP contribution in [0.25, 0.3) is 0 Å². The number of anilines is 1. The monoisotopic (exact) mass is 245 g/mol. The molecule has 1 aromatic carbocycles. The van der Waals surface area contributed by atoms with Gasteiger partial charge in [0.15, 0.2) is 0 Å². The van der Waals surface area contributed by atoms with Crippen molar-refractivity contribution in [2.75, 3.05) is 11.4 Å². The minimum atomic E-state index is -0.894. The predicted octanol–water partition coefficient (Wildman–Crippen LogP) is 2.17. The lowest BCUT2D eigenvalue weighted by molar-refractivity contribution is -0.138. The van der Waals surface area contributed by atoms with E-state index in [1.54, 1.807) is 18.2 Å². The van der Waals surface area contributed by atoms with Crippen molar-refractivity contribution in [2.45, 2.75) is 19.8 Å². The second-order valence-electron chi connectivity index (χ2n) is 4.62. The molecule has 0 aromatic heterocycles. The van der Waals surface area contributed by atoms with Gasteiger partial charge in [-0.25, -0.2) is 0 Å². The number of para-hydroxylation sites is 1. The fraction of sp³-hybridized carbons (Fsp3) is 0.286. The first kappa shape index (κ1) is 12.4. The first-order valence-electron chi connectivity index (χ1n) is 5.79. The number of benzene rings is 1. The van der Waals surface area contributed by atoms with Crippen LogP contribution >= 0.6 is 0 Å². The molecule has 0 spiro atoms. The van der Waals surface area contributed by atoms with Gasteiger partial charge in [-0.05, 0) is 25.5 Å². The van der Waals surface area contributed by atoms with E-state index in [4.69, 9.17) is 0 Å². The van der Waals surface area contributed by atoms with Crippen molar-refractivity contribution in [3.05, 3.63) is 41.5 Å². The topological polar surface area (TPSA) is 57.6 Å². The number of carbonyl (C=O) groups is 2. The van der Waals surface area contributed by atoms with Crippen LogP contribution in [0, 0.1) is 0 Å². The van der Waals surface area contributed by atoms with E-state index >= 15 is 0 Å². The highest BCUT2D eigenvalue weighted by atomic mass is 16.4. The maximum absolute atomic E-state index is 12.0. The van der Waals surface area contributed by atoms with E-state index in [-0.39, 0.29) is 12.5 Å². The van der Waals surface area contributed by atoms with Crippen LogP contribution in [0.4, 0.5) is 5.69 Å². The van der Waals surface area contributed by atoms with Crippen LogP contribution < -0.4 is 4.90 Å². The Morgan fingerprint density at radius 1 is 1.33 bits per heavy atom. The smallest absolute Gasteiger partial charge is 0.312 e. The van der Waals surface area contributed by atoms with Crippen molar-refractivity contribution < 1.29 is 14.7 Å². The summed E-state index contributed by atoms with van der Waals surface area (Å²) in [5.74, 6) is -1.68. The summed E-state index contributed by atoms with van der Waals surface area (Å²) in [4.78, 5) is 24.8. The molecule has 1 aromatic rings. The second-order valence-corrected chi connectivity index (χ2v) is 4.62. The summed E-state index contributed by atoms with van der Waals surface area (Å²) in [6, 6.07) is 7.16. The van der Waals surface area contributed by atoms with Gasteiger partial charge in [0.1, 0.15) is 5.92 Å². The number of carbonyl (C=O) groups excluding carboxylic acids is 1. The lowest BCUT2D eigenvalue weighted by atomic mass is 10.0. The number of hydrogen-bond acceptors (Lipinski definition) is 2. The Morgan fingerprint density at radius 2 is 2.00 bits per heavy atom. The number of carboxylic acids is 1. The minimum Gasteiger partial charge on any atom is -0.481 e. The molecule has 0 radical (unpaired) electrons. The summed E-state index contributed by atoms with van der Waals surface area (Å²) in [5.41, 5.74) is 2.31. The van der Waals surface area contributed by atoms with Crippen LogP contribution in [0.2, 0.25) is 0 Å². The van der Waals surface area contributed by atoms with Gasteiger partial charge in [-0.3, -0.25) is 9.59 Å². The zero-order valence-electron chi connectivity index (χ0n) is 10.4. The van der Waals surface area contributed by atoms with Gasteiger partial charge in [-0.2, -0.15) is 0 Å². The Balaban J connectivity index is 2.40. The number of hydrogen-bond donors (Lipinski definition) is 1. The highest BCUT2D eigenvalue weighted by Gasteiger charge is 2.35. The van der Waals surface area contributed by atoms with Crippen LogP contribution in [0.1, 0.15) is 25.3 Å². The molecule has 0 saturated heterocycles. The predicted molar refractivity (Wildman–Crippen MR) is 68.6 cm³/mol. The SMILES string of the molecule is CC(C)=CC(=O)N1C[C@H](C(=O)O)c2ccccc21. The molecule has 0 aliphatic carbocycles. The number of carboxylic acid groups (broad SMARTS) is 1. The second kappa shape index (κ2) is 4.64. The fourth-order valence-electron chi connectivity index (χ4n) is 2.15. The van der Waals surface area contributed by atoms with Gasteiger partial charge >= 0.3 is 5.97 Å². The van der Waals surface area contributed by atoms with Gasteiger partial charge in [0, 0.05) is 18.3 Å². The molecule has 0 fully saturated rings. The standard InChI is InChI=1S/C14H15NO3/c1-9(2)7-13(16)15-8-11(14(17)18)10-5-3-4-6-12(10)15/h3-7,11H,8H2,1-2H3,(H,17,18)/t11-/m0/s1. The Kier molecular flexibility index (Phi) is 3.19. The largest absolute Gasteiger partial charge is 0.481 e. The molecule has 1 amide bonds. The van der Waals surface area contributed by atoms with E-state index in [2.05, 4.69) is 0 Å². The summed E-state index contributed by atoms with van der Waals surface area (Å²) >= 11 is 0. The number of nitrogens with zero attached hydrogens (tertiary/aromatic N) is 1. The maximum atomic E-state index is 12.0. The van der Waals surface area contributed by atoms with Crippen molar-refractivity contribution in [2.24, 2.45) is 0 Å². The number of fused-ring (bicyclic) bond motifs is 1. The molecule has 2 rings (SSSR count). The Bertz CT molecular complexity index is 530. The molecule has 1 atom stereocenters. The van der Waals surface area contributed by atoms with E-state index in [9.17, 15) is 14.7 Å². The third-order valence-corrected chi connectivity index (χ3v) is 2.94. The normalized spacial score (nSPS) is 17.2. The molecule has 0 bridgehead atoms. The van der Waals surface area contributed by atoms with Gasteiger partial charge in [-0.15, -0.1) is 0 Å². The first-order chi connectivity index (χ1) is 8.50. The molecule has 1 heterocycles. The number of aliphatic carboxylic acids is 1. The Morgan fingerprint density at radius 3 is 2.61 bits per heavy atom. The summed E-state index contributed by atoms with van der Waals surface area (Å²) in [6.07, 6.45) is 1.53. The van der Waals surface area contributed by atoms with Crippen molar-refractivity contribution >= 4 is 17.6 Å². The average molecular weight is 245 g/mol. The van der Waals surface area contributed by atoms with E-state index in [1.165, 1.54) is 11.0 Å². The van der Waals surface area contributed by atoms with Gasteiger partial charge in [0.2, 0.25) is 0 Å². The highest BCUT2D eigenvalue weighted by molar-refractivity contribution is 6.05. The molecular formula is C14H15NO3. The highest BCUT2D eigenvalue weighted by Crippen LogP contribution is 2.36. The van der Waals surface area contributed by atoms with Gasteiger partial charge in [-0.1, -0.05) is 23.8 Å². The zero-order valence-corrected chi connectivity index (χ0v) is 10.4. The third kappa shape index (κ3) is 2.14. The third-order valence-electron chi connectivity index (χ3n) is 2.94. The maximum Gasteiger partial charge on any atom is 0.312 e. The number of allylic oxidation sites excluding steroid dienone is 1. The molecule has 0 saturated carbocycles. The molecule has 94 valence electrons. The van der Waals surface area contributed by atoms with Crippen LogP contribution in [0.15, 0.2) is 35.9 Å². The van der Waals surface area contributed by atoms with E-state index in [1.807, 2.05) is 19.9 Å². The molecule has 18 heavy (non-hydrogen) atoms. The van der Waals surface area contributed by atoms with Crippen molar-refractivity contribution in [3.8, 4) is 0 Å². The van der Waals surface area contributed by atoms with Gasteiger partial charge in [0.25, 0.3) is 5.91 Å². The number of rotatable bonds is 2. The summed E-state index contributed by atoms with van der Waals surface area (Å²) in [7, 11) is 0. The fourth-order valence-corrected chi connectivity index (χ4v) is 2.15. The lowest BCUT2D eigenvalue weighted by Crippen LogP contribution is -2.29. The number of amides is 1. The zero-order chi connectivity index (χ0) is 13.3. The van der Waals surface area contributed by atoms with Crippen LogP contribution in [-0.4, -0.2) is 23.5 Å².